The summed E-state index contributed by atoms with van der Waals surface area (Å²) in [6.45, 7) is 1.91. The van der Waals surface area contributed by atoms with Crippen molar-refractivity contribution in [3.63, 3.8) is 0 Å². The Morgan fingerprint density at radius 1 is 1.16 bits per heavy atom. The molecular weight excluding hydrogens is 265 g/mol. The van der Waals surface area contributed by atoms with Crippen LogP contribution in [0.5, 0.6) is 5.75 Å². The van der Waals surface area contributed by atoms with E-state index in [9.17, 15) is 4.39 Å². The summed E-state index contributed by atoms with van der Waals surface area (Å²) in [4.78, 5) is 0. The molecule has 0 bridgehead atoms. The van der Waals surface area contributed by atoms with E-state index in [0.29, 0.717) is 16.3 Å². The summed E-state index contributed by atoms with van der Waals surface area (Å²) in [6.07, 6.45) is 0. The van der Waals surface area contributed by atoms with Crippen molar-refractivity contribution in [3.8, 4) is 5.75 Å². The van der Waals surface area contributed by atoms with Crippen molar-refractivity contribution >= 4 is 11.6 Å². The van der Waals surface area contributed by atoms with E-state index in [0.717, 1.165) is 11.1 Å². The number of hydrogen-bond donors (Lipinski definition) is 1. The first-order chi connectivity index (χ1) is 9.02. The second kappa shape index (κ2) is 5.59. The summed E-state index contributed by atoms with van der Waals surface area (Å²) in [7, 11) is 1.50. The lowest BCUT2D eigenvalue weighted by atomic mass is 9.95. The monoisotopic (exact) mass is 279 g/mol. The van der Waals surface area contributed by atoms with Crippen molar-refractivity contribution < 1.29 is 9.13 Å². The van der Waals surface area contributed by atoms with Gasteiger partial charge < -0.3 is 10.5 Å². The second-order valence-electron chi connectivity index (χ2n) is 4.37. The fraction of sp³-hybridized carbons (Fsp3) is 0.200. The molecule has 0 aliphatic rings. The molecular formula is C15H15ClFNO. The van der Waals surface area contributed by atoms with E-state index in [4.69, 9.17) is 22.1 Å². The third kappa shape index (κ3) is 2.88. The van der Waals surface area contributed by atoms with Gasteiger partial charge >= 0.3 is 0 Å². The Balaban J connectivity index is 2.41. The first kappa shape index (κ1) is 13.8. The van der Waals surface area contributed by atoms with Gasteiger partial charge in [0.1, 0.15) is 11.6 Å². The lowest BCUT2D eigenvalue weighted by Gasteiger charge is -2.16. The van der Waals surface area contributed by atoms with Gasteiger partial charge in [0.2, 0.25) is 0 Å². The standard InChI is InChI=1S/C15H15ClFNO/c1-9-7-10(16)3-5-12(9)15(18)13-6-4-11(19-2)8-14(13)17/h3-8,15H,18H2,1-2H3. The van der Waals surface area contributed by atoms with Crippen LogP contribution in [0, 0.1) is 12.7 Å². The molecule has 2 aromatic rings. The number of hydrogen-bond acceptors (Lipinski definition) is 2. The molecule has 2 nitrogen and oxygen atoms in total. The fourth-order valence-corrected chi connectivity index (χ4v) is 2.27. The molecule has 2 N–H and O–H groups in total. The molecule has 0 saturated heterocycles. The zero-order valence-electron chi connectivity index (χ0n) is 10.8. The molecule has 0 aromatic heterocycles. The predicted octanol–water partition coefficient (Wildman–Crippen LogP) is 3.84. The molecule has 1 unspecified atom stereocenters. The first-order valence-corrected chi connectivity index (χ1v) is 6.26. The Hall–Kier alpha value is -1.58. The molecule has 1 atom stereocenters. The average molecular weight is 280 g/mol. The van der Waals surface area contributed by atoms with Crippen LogP contribution in [0.3, 0.4) is 0 Å². The van der Waals surface area contributed by atoms with Crippen LogP contribution in [0.1, 0.15) is 22.7 Å². The molecule has 0 amide bonds. The molecule has 2 aromatic carbocycles. The Kier molecular flexibility index (Phi) is 4.08. The highest BCUT2D eigenvalue weighted by atomic mass is 35.5. The van der Waals surface area contributed by atoms with Gasteiger partial charge in [0, 0.05) is 16.7 Å². The number of rotatable bonds is 3. The summed E-state index contributed by atoms with van der Waals surface area (Å²) < 4.78 is 19.0. The molecule has 0 heterocycles. The summed E-state index contributed by atoms with van der Waals surface area (Å²) in [5.41, 5.74) is 8.37. The van der Waals surface area contributed by atoms with Crippen LogP contribution in [-0.4, -0.2) is 7.11 Å². The maximum Gasteiger partial charge on any atom is 0.132 e. The van der Waals surface area contributed by atoms with Crippen molar-refractivity contribution in [1.82, 2.24) is 0 Å². The zero-order valence-corrected chi connectivity index (χ0v) is 11.5. The molecule has 0 fully saturated rings. The normalized spacial score (nSPS) is 12.3. The summed E-state index contributed by atoms with van der Waals surface area (Å²) in [6, 6.07) is 9.55. The van der Waals surface area contributed by atoms with Gasteiger partial charge in [-0.25, -0.2) is 4.39 Å². The Bertz CT molecular complexity index is 601. The lowest BCUT2D eigenvalue weighted by molar-refractivity contribution is 0.410. The maximum atomic E-state index is 14.0. The van der Waals surface area contributed by atoms with E-state index in [1.165, 1.54) is 13.2 Å². The van der Waals surface area contributed by atoms with E-state index in [1.54, 1.807) is 18.2 Å². The third-order valence-corrected chi connectivity index (χ3v) is 3.34. The third-order valence-electron chi connectivity index (χ3n) is 3.11. The lowest BCUT2D eigenvalue weighted by Crippen LogP contribution is -2.15. The fourth-order valence-electron chi connectivity index (χ4n) is 2.04. The quantitative estimate of drug-likeness (QED) is 0.926. The Labute approximate surface area is 117 Å². The molecule has 0 spiro atoms. The topological polar surface area (TPSA) is 35.2 Å². The minimum absolute atomic E-state index is 0.374. The molecule has 0 saturated carbocycles. The van der Waals surface area contributed by atoms with Crippen LogP contribution in [0.15, 0.2) is 36.4 Å². The van der Waals surface area contributed by atoms with Crippen LogP contribution in [-0.2, 0) is 0 Å². The van der Waals surface area contributed by atoms with Crippen LogP contribution in [0.4, 0.5) is 4.39 Å². The molecule has 0 radical (unpaired) electrons. The van der Waals surface area contributed by atoms with Gasteiger partial charge in [-0.2, -0.15) is 0 Å². The number of methoxy groups -OCH3 is 1. The van der Waals surface area contributed by atoms with Crippen molar-refractivity contribution in [3.05, 3.63) is 63.9 Å². The molecule has 0 aliphatic heterocycles. The maximum absolute atomic E-state index is 14.0. The molecule has 4 heteroatoms. The smallest absolute Gasteiger partial charge is 0.132 e. The number of nitrogens with two attached hydrogens (primary N) is 1. The van der Waals surface area contributed by atoms with E-state index in [-0.39, 0.29) is 5.82 Å². The van der Waals surface area contributed by atoms with Crippen molar-refractivity contribution in [2.45, 2.75) is 13.0 Å². The summed E-state index contributed by atoms with van der Waals surface area (Å²) in [5.74, 6) is 0.0995. The van der Waals surface area contributed by atoms with Gasteiger partial charge in [-0.05, 0) is 36.2 Å². The molecule has 2 rings (SSSR count). The van der Waals surface area contributed by atoms with Gasteiger partial charge in [-0.15, -0.1) is 0 Å². The summed E-state index contributed by atoms with van der Waals surface area (Å²) >= 11 is 5.91. The number of benzene rings is 2. The molecule has 0 aliphatic carbocycles. The van der Waals surface area contributed by atoms with Crippen LogP contribution in [0.2, 0.25) is 5.02 Å². The highest BCUT2D eigenvalue weighted by molar-refractivity contribution is 6.30. The van der Waals surface area contributed by atoms with Gasteiger partial charge in [0.05, 0.1) is 13.2 Å². The van der Waals surface area contributed by atoms with E-state index in [1.807, 2.05) is 19.1 Å². The van der Waals surface area contributed by atoms with Crippen molar-refractivity contribution in [2.75, 3.05) is 7.11 Å². The average Bonchev–Trinajstić information content (AvgIpc) is 2.37. The van der Waals surface area contributed by atoms with Crippen molar-refractivity contribution in [2.24, 2.45) is 5.73 Å². The minimum Gasteiger partial charge on any atom is -0.497 e. The first-order valence-electron chi connectivity index (χ1n) is 5.88. The predicted molar refractivity (Wildman–Crippen MR) is 75.2 cm³/mol. The van der Waals surface area contributed by atoms with E-state index in [2.05, 4.69) is 0 Å². The molecule has 19 heavy (non-hydrogen) atoms. The van der Waals surface area contributed by atoms with E-state index >= 15 is 0 Å². The highest BCUT2D eigenvalue weighted by Crippen LogP contribution is 2.28. The number of ether oxygens (including phenoxy) is 1. The largest absolute Gasteiger partial charge is 0.497 e. The van der Waals surface area contributed by atoms with Gasteiger partial charge in [-0.3, -0.25) is 0 Å². The highest BCUT2D eigenvalue weighted by Gasteiger charge is 2.16. The van der Waals surface area contributed by atoms with Gasteiger partial charge in [0.25, 0.3) is 0 Å². The SMILES string of the molecule is COc1ccc(C(N)c2ccc(Cl)cc2C)c(F)c1. The van der Waals surface area contributed by atoms with E-state index < -0.39 is 6.04 Å². The van der Waals surface area contributed by atoms with Crippen LogP contribution < -0.4 is 10.5 Å². The summed E-state index contributed by atoms with van der Waals surface area (Å²) in [5, 5.41) is 0.642. The Morgan fingerprint density at radius 3 is 2.42 bits per heavy atom. The van der Waals surface area contributed by atoms with Gasteiger partial charge in [-0.1, -0.05) is 23.7 Å². The van der Waals surface area contributed by atoms with Crippen molar-refractivity contribution in [1.29, 1.82) is 0 Å². The van der Waals surface area contributed by atoms with Crippen LogP contribution in [0.25, 0.3) is 0 Å². The molecule has 100 valence electrons. The van der Waals surface area contributed by atoms with Gasteiger partial charge in [0.15, 0.2) is 0 Å². The zero-order chi connectivity index (χ0) is 14.0. The number of aryl methyl sites for hydroxylation is 1. The minimum atomic E-state index is -0.525. The number of halogens is 2. The Morgan fingerprint density at radius 2 is 1.84 bits per heavy atom. The second-order valence-corrected chi connectivity index (χ2v) is 4.80. The van der Waals surface area contributed by atoms with Crippen LogP contribution >= 0.6 is 11.6 Å².